The van der Waals surface area contributed by atoms with E-state index in [1.165, 1.54) is 38.5 Å². The lowest BCUT2D eigenvalue weighted by Gasteiger charge is -2.43. The second kappa shape index (κ2) is 3.13. The highest BCUT2D eigenvalue weighted by atomic mass is 35.5. The van der Waals surface area contributed by atoms with Crippen molar-refractivity contribution in [2.75, 3.05) is 0 Å². The highest BCUT2D eigenvalue weighted by Gasteiger charge is 2.45. The number of nitrogens with one attached hydrogen (secondary N) is 1. The van der Waals surface area contributed by atoms with Gasteiger partial charge in [0.1, 0.15) is 0 Å². The lowest BCUT2D eigenvalue weighted by molar-refractivity contribution is 0.142. The van der Waals surface area contributed by atoms with Gasteiger partial charge in [-0.05, 0) is 43.9 Å². The molecule has 0 amide bonds. The summed E-state index contributed by atoms with van der Waals surface area (Å²) in [4.78, 5) is 0. The van der Waals surface area contributed by atoms with Crippen LogP contribution in [-0.4, -0.2) is 17.5 Å². The highest BCUT2D eigenvalue weighted by Crippen LogP contribution is 2.45. The van der Waals surface area contributed by atoms with Crippen LogP contribution in [0.3, 0.4) is 0 Å². The maximum absolute atomic E-state index is 6.44. The first-order valence-electron chi connectivity index (χ1n) is 5.75. The Hall–Kier alpha value is 0.250. The Morgan fingerprint density at radius 3 is 2.92 bits per heavy atom. The Kier molecular flexibility index (Phi) is 2.06. The third-order valence-corrected chi connectivity index (χ3v) is 4.85. The Morgan fingerprint density at radius 2 is 2.00 bits per heavy atom. The number of alkyl halides is 1. The van der Waals surface area contributed by atoms with E-state index in [4.69, 9.17) is 11.6 Å². The number of rotatable bonds is 0. The molecule has 0 spiro atoms. The molecule has 2 aliphatic heterocycles. The van der Waals surface area contributed by atoms with E-state index in [0.717, 1.165) is 23.9 Å². The lowest BCUT2D eigenvalue weighted by Crippen LogP contribution is -2.50. The van der Waals surface area contributed by atoms with Gasteiger partial charge in [-0.3, -0.25) is 0 Å². The zero-order valence-corrected chi connectivity index (χ0v) is 8.76. The molecule has 2 heteroatoms. The number of fused-ring (bicyclic) bond motifs is 4. The molecule has 2 heterocycles. The van der Waals surface area contributed by atoms with E-state index in [1.54, 1.807) is 0 Å². The van der Waals surface area contributed by atoms with Gasteiger partial charge in [0.2, 0.25) is 0 Å². The molecule has 2 bridgehead atoms. The maximum Gasteiger partial charge on any atom is 0.0381 e. The molecule has 5 atom stereocenters. The molecule has 1 nitrogen and oxygen atoms in total. The summed E-state index contributed by atoms with van der Waals surface area (Å²) in [7, 11) is 0. The first-order valence-corrected chi connectivity index (χ1v) is 6.18. The molecule has 3 aliphatic rings. The van der Waals surface area contributed by atoms with Crippen molar-refractivity contribution in [1.29, 1.82) is 0 Å². The van der Waals surface area contributed by atoms with E-state index in [9.17, 15) is 0 Å². The maximum atomic E-state index is 6.44. The highest BCUT2D eigenvalue weighted by molar-refractivity contribution is 6.20. The molecule has 3 rings (SSSR count). The number of hydrogen-bond acceptors (Lipinski definition) is 1. The van der Waals surface area contributed by atoms with Gasteiger partial charge in [-0.25, -0.2) is 0 Å². The van der Waals surface area contributed by atoms with Crippen LogP contribution in [0.5, 0.6) is 0 Å². The minimum atomic E-state index is 0.468. The fourth-order valence-corrected chi connectivity index (χ4v) is 4.35. The summed E-state index contributed by atoms with van der Waals surface area (Å²) in [5.41, 5.74) is 0. The van der Waals surface area contributed by atoms with Crippen LogP contribution < -0.4 is 5.32 Å². The molecule has 0 aromatic rings. The van der Waals surface area contributed by atoms with E-state index in [0.29, 0.717) is 5.38 Å². The second-order valence-corrected chi connectivity index (χ2v) is 5.63. The van der Waals surface area contributed by atoms with E-state index in [-0.39, 0.29) is 0 Å². The van der Waals surface area contributed by atoms with Gasteiger partial charge in [0.05, 0.1) is 0 Å². The summed E-state index contributed by atoms with van der Waals surface area (Å²) in [6.07, 6.45) is 8.27. The van der Waals surface area contributed by atoms with E-state index >= 15 is 0 Å². The van der Waals surface area contributed by atoms with Crippen molar-refractivity contribution in [3.63, 3.8) is 0 Å². The van der Waals surface area contributed by atoms with Crippen LogP contribution in [0.2, 0.25) is 0 Å². The molecular formula is C11H18ClN. The number of piperidine rings is 1. The summed E-state index contributed by atoms with van der Waals surface area (Å²) in [5, 5.41) is 4.20. The molecule has 1 N–H and O–H groups in total. The molecule has 0 aromatic heterocycles. The smallest absolute Gasteiger partial charge is 0.0381 e. The Morgan fingerprint density at radius 1 is 1.08 bits per heavy atom. The van der Waals surface area contributed by atoms with Crippen LogP contribution in [-0.2, 0) is 0 Å². The molecule has 5 unspecified atom stereocenters. The van der Waals surface area contributed by atoms with Crippen molar-refractivity contribution >= 4 is 11.6 Å². The van der Waals surface area contributed by atoms with E-state index < -0.39 is 0 Å². The molecule has 13 heavy (non-hydrogen) atoms. The van der Waals surface area contributed by atoms with Gasteiger partial charge in [0.25, 0.3) is 0 Å². The van der Waals surface area contributed by atoms with Gasteiger partial charge in [0.15, 0.2) is 0 Å². The SMILES string of the molecule is ClC1CCCC2CC3CCC(N3)C12. The van der Waals surface area contributed by atoms with Gasteiger partial charge < -0.3 is 5.32 Å². The standard InChI is InChI=1S/C11H18ClN/c12-9-3-1-2-7-6-8-4-5-10(13-8)11(7)9/h7-11,13H,1-6H2. The summed E-state index contributed by atoms with van der Waals surface area (Å²) in [6.45, 7) is 0. The largest absolute Gasteiger partial charge is 0.311 e. The summed E-state index contributed by atoms with van der Waals surface area (Å²) >= 11 is 6.44. The second-order valence-electron chi connectivity index (χ2n) is 5.07. The molecule has 1 saturated carbocycles. The summed E-state index contributed by atoms with van der Waals surface area (Å²) < 4.78 is 0. The molecule has 0 aromatic carbocycles. The van der Waals surface area contributed by atoms with Gasteiger partial charge in [-0.1, -0.05) is 6.42 Å². The summed E-state index contributed by atoms with van der Waals surface area (Å²) in [5.74, 6) is 1.75. The van der Waals surface area contributed by atoms with Crippen molar-refractivity contribution in [2.24, 2.45) is 11.8 Å². The zero-order valence-electron chi connectivity index (χ0n) is 8.01. The lowest BCUT2D eigenvalue weighted by atomic mass is 9.72. The first-order chi connectivity index (χ1) is 6.34. The Balaban J connectivity index is 1.83. The predicted molar refractivity (Wildman–Crippen MR) is 55.0 cm³/mol. The van der Waals surface area contributed by atoms with Gasteiger partial charge in [0, 0.05) is 17.5 Å². The minimum Gasteiger partial charge on any atom is -0.311 e. The molecule has 2 saturated heterocycles. The van der Waals surface area contributed by atoms with E-state index in [2.05, 4.69) is 5.32 Å². The fraction of sp³-hybridized carbons (Fsp3) is 1.00. The van der Waals surface area contributed by atoms with Gasteiger partial charge in [-0.15, -0.1) is 11.6 Å². The average Bonchev–Trinajstić information content (AvgIpc) is 2.48. The van der Waals surface area contributed by atoms with Crippen LogP contribution in [0.25, 0.3) is 0 Å². The third kappa shape index (κ3) is 1.32. The minimum absolute atomic E-state index is 0.468. The average molecular weight is 200 g/mol. The van der Waals surface area contributed by atoms with Crippen LogP contribution >= 0.6 is 11.6 Å². The molecule has 74 valence electrons. The van der Waals surface area contributed by atoms with Gasteiger partial charge in [-0.2, -0.15) is 0 Å². The summed E-state index contributed by atoms with van der Waals surface area (Å²) in [6, 6.07) is 1.61. The van der Waals surface area contributed by atoms with Crippen molar-refractivity contribution in [1.82, 2.24) is 5.32 Å². The Labute approximate surface area is 85.2 Å². The van der Waals surface area contributed by atoms with Crippen LogP contribution in [0.4, 0.5) is 0 Å². The van der Waals surface area contributed by atoms with Crippen molar-refractivity contribution in [3.05, 3.63) is 0 Å². The van der Waals surface area contributed by atoms with Crippen LogP contribution in [0.15, 0.2) is 0 Å². The van der Waals surface area contributed by atoms with Crippen molar-refractivity contribution in [2.45, 2.75) is 56.0 Å². The number of hydrogen-bond donors (Lipinski definition) is 1. The first kappa shape index (κ1) is 8.55. The number of halogens is 1. The normalized spacial score (nSPS) is 54.7. The zero-order chi connectivity index (χ0) is 8.84. The van der Waals surface area contributed by atoms with Crippen LogP contribution in [0, 0.1) is 11.8 Å². The molecule has 0 radical (unpaired) electrons. The quantitative estimate of drug-likeness (QED) is 0.592. The monoisotopic (exact) mass is 199 g/mol. The van der Waals surface area contributed by atoms with Crippen molar-refractivity contribution < 1.29 is 0 Å². The topological polar surface area (TPSA) is 12.0 Å². The van der Waals surface area contributed by atoms with E-state index in [1.807, 2.05) is 0 Å². The molecule has 1 aliphatic carbocycles. The fourth-order valence-electron chi connectivity index (χ4n) is 3.82. The van der Waals surface area contributed by atoms with Gasteiger partial charge >= 0.3 is 0 Å². The van der Waals surface area contributed by atoms with Crippen LogP contribution in [0.1, 0.15) is 38.5 Å². The predicted octanol–water partition coefficient (Wildman–Crippen LogP) is 2.53. The molecular weight excluding hydrogens is 182 g/mol. The Bertz CT molecular complexity index is 206. The van der Waals surface area contributed by atoms with Crippen molar-refractivity contribution in [3.8, 4) is 0 Å². The molecule has 3 fully saturated rings. The third-order valence-electron chi connectivity index (χ3n) is 4.34.